The Kier molecular flexibility index (Phi) is 4.08. The molecule has 3 rings (SSSR count). The Morgan fingerprint density at radius 1 is 1.32 bits per heavy atom. The minimum atomic E-state index is 0.570. The van der Waals surface area contributed by atoms with Gasteiger partial charge in [0.25, 0.3) is 0 Å². The molecule has 1 N–H and O–H groups in total. The highest BCUT2D eigenvalue weighted by Crippen LogP contribution is 2.34. The smallest absolute Gasteiger partial charge is 0.107 e. The maximum absolute atomic E-state index is 6.21. The molecular weight excluding hydrogens is 299 g/mol. The molecule has 0 atom stereocenters. The van der Waals surface area contributed by atoms with Gasteiger partial charge in [-0.2, -0.15) is 0 Å². The fraction of sp³-hybridized carbons (Fsp3) is 0.357. The predicted octanol–water partition coefficient (Wildman–Crippen LogP) is 4.62. The summed E-state index contributed by atoms with van der Waals surface area (Å²) >= 11 is 13.9. The second kappa shape index (κ2) is 5.80. The number of hydrogen-bond donors (Lipinski definition) is 1. The van der Waals surface area contributed by atoms with Gasteiger partial charge in [-0.3, -0.25) is 0 Å². The van der Waals surface area contributed by atoms with Gasteiger partial charge in [-0.1, -0.05) is 35.3 Å². The van der Waals surface area contributed by atoms with Crippen molar-refractivity contribution in [3.8, 4) is 11.3 Å². The summed E-state index contributed by atoms with van der Waals surface area (Å²) in [6, 6.07) is 5.64. The summed E-state index contributed by atoms with van der Waals surface area (Å²) in [4.78, 5) is 4.61. The first kappa shape index (κ1) is 13.4. The molecule has 1 heterocycles. The Morgan fingerprint density at radius 2 is 2.16 bits per heavy atom. The molecular formula is C14H14Cl2N2S. The molecule has 1 aliphatic carbocycles. The molecule has 0 unspecified atom stereocenters. The Morgan fingerprint density at radius 3 is 2.95 bits per heavy atom. The van der Waals surface area contributed by atoms with Crippen LogP contribution in [0.15, 0.2) is 23.6 Å². The largest absolute Gasteiger partial charge is 0.310 e. The number of benzene rings is 1. The SMILES string of the molecule is Clc1cccc(-c2csc(CNCC3CC3)n2)c1Cl. The second-order valence-corrected chi connectivity index (χ2v) is 6.53. The van der Waals surface area contributed by atoms with Crippen LogP contribution in [-0.2, 0) is 6.54 Å². The van der Waals surface area contributed by atoms with Gasteiger partial charge < -0.3 is 5.32 Å². The van der Waals surface area contributed by atoms with E-state index >= 15 is 0 Å². The molecule has 2 aromatic rings. The van der Waals surface area contributed by atoms with E-state index in [0.29, 0.717) is 10.0 Å². The summed E-state index contributed by atoms with van der Waals surface area (Å²) in [5.74, 6) is 0.891. The third-order valence-corrected chi connectivity index (χ3v) is 4.85. The summed E-state index contributed by atoms with van der Waals surface area (Å²) in [6.45, 7) is 1.94. The van der Waals surface area contributed by atoms with Crippen LogP contribution in [0.3, 0.4) is 0 Å². The molecule has 0 spiro atoms. The fourth-order valence-corrected chi connectivity index (χ4v) is 3.08. The van der Waals surface area contributed by atoms with Crippen molar-refractivity contribution in [1.29, 1.82) is 0 Å². The van der Waals surface area contributed by atoms with Crippen LogP contribution < -0.4 is 5.32 Å². The maximum atomic E-state index is 6.21. The van der Waals surface area contributed by atoms with Crippen LogP contribution in [0.5, 0.6) is 0 Å². The molecule has 19 heavy (non-hydrogen) atoms. The number of halogens is 2. The van der Waals surface area contributed by atoms with Crippen LogP contribution in [0.2, 0.25) is 10.0 Å². The maximum Gasteiger partial charge on any atom is 0.107 e. The van der Waals surface area contributed by atoms with Gasteiger partial charge in [-0.15, -0.1) is 11.3 Å². The van der Waals surface area contributed by atoms with Gasteiger partial charge >= 0.3 is 0 Å². The molecule has 1 fully saturated rings. The average molecular weight is 313 g/mol. The number of thiazole rings is 1. The van der Waals surface area contributed by atoms with E-state index in [-0.39, 0.29) is 0 Å². The Bertz CT molecular complexity index is 579. The lowest BCUT2D eigenvalue weighted by atomic mass is 10.2. The lowest BCUT2D eigenvalue weighted by molar-refractivity contribution is 0.637. The van der Waals surface area contributed by atoms with Crippen molar-refractivity contribution in [3.63, 3.8) is 0 Å². The first-order valence-electron chi connectivity index (χ1n) is 6.33. The molecule has 0 amide bonds. The van der Waals surface area contributed by atoms with E-state index in [1.807, 2.05) is 17.5 Å². The minimum absolute atomic E-state index is 0.570. The zero-order valence-electron chi connectivity index (χ0n) is 10.3. The third-order valence-electron chi connectivity index (χ3n) is 3.19. The predicted molar refractivity (Wildman–Crippen MR) is 82.0 cm³/mol. The molecule has 0 saturated heterocycles. The van der Waals surface area contributed by atoms with E-state index in [2.05, 4.69) is 10.3 Å². The normalized spacial score (nSPS) is 14.8. The molecule has 2 nitrogen and oxygen atoms in total. The molecule has 1 aromatic carbocycles. The molecule has 0 aliphatic heterocycles. The number of hydrogen-bond acceptors (Lipinski definition) is 3. The van der Waals surface area contributed by atoms with Crippen molar-refractivity contribution >= 4 is 34.5 Å². The second-order valence-electron chi connectivity index (χ2n) is 4.80. The first-order valence-corrected chi connectivity index (χ1v) is 7.97. The zero-order chi connectivity index (χ0) is 13.2. The Balaban J connectivity index is 1.70. The van der Waals surface area contributed by atoms with Crippen LogP contribution in [-0.4, -0.2) is 11.5 Å². The van der Waals surface area contributed by atoms with Gasteiger partial charge in [-0.05, 0) is 31.4 Å². The molecule has 5 heteroatoms. The number of nitrogens with zero attached hydrogens (tertiary/aromatic N) is 1. The van der Waals surface area contributed by atoms with E-state index < -0.39 is 0 Å². The number of aromatic nitrogens is 1. The van der Waals surface area contributed by atoms with E-state index in [1.165, 1.54) is 12.8 Å². The fourth-order valence-electron chi connectivity index (χ4n) is 1.92. The molecule has 1 saturated carbocycles. The average Bonchev–Trinajstić information content (AvgIpc) is 3.10. The molecule has 1 aromatic heterocycles. The Hall–Kier alpha value is -0.610. The first-order chi connectivity index (χ1) is 9.24. The van der Waals surface area contributed by atoms with Crippen molar-refractivity contribution in [1.82, 2.24) is 10.3 Å². The van der Waals surface area contributed by atoms with Crippen molar-refractivity contribution in [2.75, 3.05) is 6.54 Å². The van der Waals surface area contributed by atoms with Gasteiger partial charge in [-0.25, -0.2) is 4.98 Å². The zero-order valence-corrected chi connectivity index (χ0v) is 12.7. The third kappa shape index (κ3) is 3.29. The van der Waals surface area contributed by atoms with Gasteiger partial charge in [0, 0.05) is 17.5 Å². The molecule has 0 radical (unpaired) electrons. The van der Waals surface area contributed by atoms with Gasteiger partial charge in [0.1, 0.15) is 5.01 Å². The van der Waals surface area contributed by atoms with Gasteiger partial charge in [0.15, 0.2) is 0 Å². The van der Waals surface area contributed by atoms with Crippen LogP contribution in [0.1, 0.15) is 17.8 Å². The van der Waals surface area contributed by atoms with Gasteiger partial charge in [0.2, 0.25) is 0 Å². The standard InChI is InChI=1S/C14H14Cl2N2S/c15-11-3-1-2-10(14(11)16)12-8-19-13(18-12)7-17-6-9-4-5-9/h1-3,8-9,17H,4-7H2. The van der Waals surface area contributed by atoms with Crippen LogP contribution in [0.25, 0.3) is 11.3 Å². The highest BCUT2D eigenvalue weighted by atomic mass is 35.5. The molecule has 100 valence electrons. The summed E-state index contributed by atoms with van der Waals surface area (Å²) in [6.07, 6.45) is 2.74. The monoisotopic (exact) mass is 312 g/mol. The van der Waals surface area contributed by atoms with Crippen LogP contribution in [0, 0.1) is 5.92 Å². The topological polar surface area (TPSA) is 24.9 Å². The summed E-state index contributed by atoms with van der Waals surface area (Å²) in [5.41, 5.74) is 1.81. The highest BCUT2D eigenvalue weighted by molar-refractivity contribution is 7.09. The number of rotatable bonds is 5. The Labute approximate surface area is 126 Å². The summed E-state index contributed by atoms with van der Waals surface area (Å²) < 4.78 is 0. The van der Waals surface area contributed by atoms with Crippen molar-refractivity contribution in [2.45, 2.75) is 19.4 Å². The summed E-state index contributed by atoms with van der Waals surface area (Å²) in [7, 11) is 0. The van der Waals surface area contributed by atoms with E-state index in [1.54, 1.807) is 17.4 Å². The van der Waals surface area contributed by atoms with Crippen molar-refractivity contribution in [3.05, 3.63) is 38.6 Å². The van der Waals surface area contributed by atoms with Crippen LogP contribution >= 0.6 is 34.5 Å². The molecule has 1 aliphatic rings. The minimum Gasteiger partial charge on any atom is -0.310 e. The lowest BCUT2D eigenvalue weighted by Crippen LogP contribution is -2.15. The van der Waals surface area contributed by atoms with Gasteiger partial charge in [0.05, 0.1) is 15.7 Å². The van der Waals surface area contributed by atoms with Crippen LogP contribution in [0.4, 0.5) is 0 Å². The van der Waals surface area contributed by atoms with Crippen molar-refractivity contribution in [2.24, 2.45) is 5.92 Å². The quantitative estimate of drug-likeness (QED) is 0.871. The van der Waals surface area contributed by atoms with E-state index in [0.717, 1.165) is 35.3 Å². The highest BCUT2D eigenvalue weighted by Gasteiger charge is 2.20. The van der Waals surface area contributed by atoms with Crippen molar-refractivity contribution < 1.29 is 0 Å². The molecule has 0 bridgehead atoms. The summed E-state index contributed by atoms with van der Waals surface area (Å²) in [5, 5.41) is 7.71. The van der Waals surface area contributed by atoms with E-state index in [9.17, 15) is 0 Å². The number of nitrogens with one attached hydrogen (secondary N) is 1. The van der Waals surface area contributed by atoms with E-state index in [4.69, 9.17) is 23.2 Å². The lowest BCUT2D eigenvalue weighted by Gasteiger charge is -2.02.